The zero-order valence-corrected chi connectivity index (χ0v) is 45.6. The molecule has 0 aromatic heterocycles. The van der Waals surface area contributed by atoms with Crippen molar-refractivity contribution in [3.05, 3.63) is 0 Å². The standard InChI is InChI=1S/C56H101NO14/c1-6-9-12-15-18-21-24-27-36-49(58)65-41-30-32-44-68-53(62)47-56(71-52(61)39-40-57(4)5,55(64)70-46-35-34-43-67-51(60)38-29-26-23-20-17-14-11-8-3)48-54(63)69-45-33-31-42-66-50(59)37-28-25-22-19-16-13-10-7-2/h6-48H2,1-5H3. The van der Waals surface area contributed by atoms with Crippen LogP contribution in [0.25, 0.3) is 0 Å². The summed E-state index contributed by atoms with van der Waals surface area (Å²) in [5.74, 6) is -4.55. The lowest BCUT2D eigenvalue weighted by Crippen LogP contribution is -2.49. The van der Waals surface area contributed by atoms with E-state index in [1.54, 1.807) is 19.0 Å². The van der Waals surface area contributed by atoms with Gasteiger partial charge in [-0.05, 0) is 71.9 Å². The van der Waals surface area contributed by atoms with Crippen molar-refractivity contribution in [3.63, 3.8) is 0 Å². The van der Waals surface area contributed by atoms with Crippen LogP contribution in [0.5, 0.6) is 0 Å². The zero-order valence-electron chi connectivity index (χ0n) is 45.6. The SMILES string of the molecule is CCCCCCCCCCC(=O)OCCCCOC(=O)CC(CC(=O)OCCCCOC(=O)CCCCCCCCCC)(OC(=O)CCN(C)C)C(=O)OCCCCOC(=O)CCCCCCCCCC. The van der Waals surface area contributed by atoms with Gasteiger partial charge in [0.1, 0.15) is 0 Å². The van der Waals surface area contributed by atoms with Crippen LogP contribution < -0.4 is 0 Å². The van der Waals surface area contributed by atoms with Gasteiger partial charge < -0.3 is 38.1 Å². The topological polar surface area (TPSA) is 187 Å². The van der Waals surface area contributed by atoms with Crippen molar-refractivity contribution in [1.29, 1.82) is 0 Å². The second-order valence-corrected chi connectivity index (χ2v) is 19.4. The fraction of sp³-hybridized carbons (Fsp3) is 0.875. The van der Waals surface area contributed by atoms with Gasteiger partial charge in [-0.15, -0.1) is 0 Å². The summed E-state index contributed by atoms with van der Waals surface area (Å²) in [5.41, 5.74) is -2.39. The molecule has 0 aromatic carbocycles. The Hall–Kier alpha value is -3.75. The lowest BCUT2D eigenvalue weighted by molar-refractivity contribution is -0.191. The Morgan fingerprint density at radius 1 is 0.310 bits per heavy atom. The van der Waals surface area contributed by atoms with Crippen molar-refractivity contribution < 1.29 is 66.7 Å². The molecular weight excluding hydrogens is 911 g/mol. The molecule has 0 amide bonds. The number of rotatable bonds is 51. The van der Waals surface area contributed by atoms with Crippen molar-refractivity contribution in [1.82, 2.24) is 4.90 Å². The number of ether oxygens (including phenoxy) is 7. The van der Waals surface area contributed by atoms with Crippen LogP contribution in [0, 0.1) is 0 Å². The minimum absolute atomic E-state index is 0.0694. The van der Waals surface area contributed by atoms with Gasteiger partial charge in [0.15, 0.2) is 0 Å². The van der Waals surface area contributed by atoms with Crippen LogP contribution in [0.4, 0.5) is 0 Å². The molecule has 0 bridgehead atoms. The second kappa shape index (κ2) is 48.5. The molecule has 414 valence electrons. The first-order valence-corrected chi connectivity index (χ1v) is 28.2. The average molecular weight is 1010 g/mol. The Morgan fingerprint density at radius 2 is 0.577 bits per heavy atom. The number of hydrogen-bond acceptors (Lipinski definition) is 15. The lowest BCUT2D eigenvalue weighted by atomic mass is 9.94. The third-order valence-electron chi connectivity index (χ3n) is 12.2. The zero-order chi connectivity index (χ0) is 52.5. The number of carbonyl (C=O) groups excluding carboxylic acids is 7. The van der Waals surface area contributed by atoms with Gasteiger partial charge in [-0.3, -0.25) is 28.8 Å². The van der Waals surface area contributed by atoms with Crippen molar-refractivity contribution >= 4 is 41.8 Å². The highest BCUT2D eigenvalue weighted by atomic mass is 16.6. The van der Waals surface area contributed by atoms with E-state index in [1.165, 1.54) is 96.3 Å². The predicted octanol–water partition coefficient (Wildman–Crippen LogP) is 12.2. The Labute approximate surface area is 429 Å². The molecule has 15 nitrogen and oxygen atoms in total. The molecule has 0 radical (unpaired) electrons. The minimum atomic E-state index is -2.39. The molecule has 0 aliphatic heterocycles. The summed E-state index contributed by atoms with van der Waals surface area (Å²) < 4.78 is 38.3. The smallest absolute Gasteiger partial charge is 0.351 e. The maximum absolute atomic E-state index is 14.0. The Morgan fingerprint density at radius 3 is 0.873 bits per heavy atom. The van der Waals surface area contributed by atoms with Crippen LogP contribution in [0.3, 0.4) is 0 Å². The summed E-state index contributed by atoms with van der Waals surface area (Å²) >= 11 is 0. The molecule has 15 heteroatoms. The van der Waals surface area contributed by atoms with Gasteiger partial charge >= 0.3 is 41.8 Å². The molecule has 0 aliphatic rings. The number of carbonyl (C=O) groups is 7. The van der Waals surface area contributed by atoms with E-state index < -0.39 is 42.3 Å². The average Bonchev–Trinajstić information content (AvgIpc) is 3.33. The first-order valence-electron chi connectivity index (χ1n) is 28.2. The number of esters is 7. The lowest BCUT2D eigenvalue weighted by Gasteiger charge is -2.30. The molecule has 0 N–H and O–H groups in total. The van der Waals surface area contributed by atoms with Gasteiger partial charge in [0.2, 0.25) is 5.60 Å². The van der Waals surface area contributed by atoms with Gasteiger partial charge in [0.25, 0.3) is 0 Å². The van der Waals surface area contributed by atoms with Crippen LogP contribution >= 0.6 is 0 Å². The first-order chi connectivity index (χ1) is 34.4. The molecular formula is C56H101NO14. The van der Waals surface area contributed by atoms with Crippen molar-refractivity contribution in [2.45, 2.75) is 258 Å². The van der Waals surface area contributed by atoms with Crippen LogP contribution in [0.15, 0.2) is 0 Å². The van der Waals surface area contributed by atoms with E-state index in [0.717, 1.165) is 57.8 Å². The van der Waals surface area contributed by atoms with Gasteiger partial charge in [-0.25, -0.2) is 4.79 Å². The molecule has 0 saturated heterocycles. The van der Waals surface area contributed by atoms with E-state index in [4.69, 9.17) is 33.2 Å². The molecule has 0 unspecified atom stereocenters. The highest BCUT2D eigenvalue weighted by Crippen LogP contribution is 2.27. The van der Waals surface area contributed by atoms with Gasteiger partial charge in [0, 0.05) is 25.8 Å². The third-order valence-corrected chi connectivity index (χ3v) is 12.2. The molecule has 0 spiro atoms. The van der Waals surface area contributed by atoms with E-state index in [1.807, 2.05) is 0 Å². The fourth-order valence-electron chi connectivity index (χ4n) is 7.74. The van der Waals surface area contributed by atoms with Crippen LogP contribution in [-0.4, -0.2) is 113 Å². The number of nitrogens with zero attached hydrogens (tertiary/aromatic N) is 1. The highest BCUT2D eigenvalue weighted by molar-refractivity contribution is 5.92. The predicted molar refractivity (Wildman–Crippen MR) is 276 cm³/mol. The molecule has 0 rings (SSSR count). The fourth-order valence-corrected chi connectivity index (χ4v) is 7.74. The van der Waals surface area contributed by atoms with Crippen molar-refractivity contribution in [3.8, 4) is 0 Å². The molecule has 71 heavy (non-hydrogen) atoms. The summed E-state index contributed by atoms with van der Waals surface area (Å²) in [6.07, 6.45) is 28.5. The summed E-state index contributed by atoms with van der Waals surface area (Å²) in [7, 11) is 3.52. The second-order valence-electron chi connectivity index (χ2n) is 19.4. The quantitative estimate of drug-likeness (QED) is 0.0318. The monoisotopic (exact) mass is 1010 g/mol. The normalized spacial score (nSPS) is 11.3. The minimum Gasteiger partial charge on any atom is -0.466 e. The van der Waals surface area contributed by atoms with Crippen LogP contribution in [0.2, 0.25) is 0 Å². The summed E-state index contributed by atoms with van der Waals surface area (Å²) in [5, 5.41) is 0. The number of hydrogen-bond donors (Lipinski definition) is 0. The summed E-state index contributed by atoms with van der Waals surface area (Å²) in [6.45, 7) is 7.01. The largest absolute Gasteiger partial charge is 0.466 e. The molecule has 0 atom stereocenters. The Bertz CT molecular complexity index is 1310. The van der Waals surface area contributed by atoms with Gasteiger partial charge in [-0.1, -0.05) is 156 Å². The van der Waals surface area contributed by atoms with E-state index in [-0.39, 0.29) is 70.5 Å². The third kappa shape index (κ3) is 43.5. The van der Waals surface area contributed by atoms with Crippen LogP contribution in [0.1, 0.15) is 252 Å². The highest BCUT2D eigenvalue weighted by Gasteiger charge is 2.49. The molecule has 0 saturated carbocycles. The number of unbranched alkanes of at least 4 members (excludes halogenated alkanes) is 24. The van der Waals surface area contributed by atoms with Gasteiger partial charge in [0.05, 0.1) is 58.9 Å². The molecule has 0 aromatic rings. The first kappa shape index (κ1) is 67.2. The summed E-state index contributed by atoms with van der Waals surface area (Å²) in [6, 6.07) is 0. The van der Waals surface area contributed by atoms with Crippen molar-refractivity contribution in [2.24, 2.45) is 0 Å². The maximum Gasteiger partial charge on any atom is 0.351 e. The van der Waals surface area contributed by atoms with E-state index in [9.17, 15) is 33.6 Å². The van der Waals surface area contributed by atoms with Gasteiger partial charge in [-0.2, -0.15) is 0 Å². The maximum atomic E-state index is 14.0. The Balaban J connectivity index is 5.37. The molecule has 0 heterocycles. The van der Waals surface area contributed by atoms with E-state index in [0.29, 0.717) is 57.8 Å². The van der Waals surface area contributed by atoms with Crippen LogP contribution in [-0.2, 0) is 66.7 Å². The van der Waals surface area contributed by atoms with E-state index >= 15 is 0 Å². The Kier molecular flexibility index (Phi) is 46.0. The molecule has 0 aliphatic carbocycles. The van der Waals surface area contributed by atoms with Crippen molar-refractivity contribution in [2.75, 3.05) is 60.3 Å². The summed E-state index contributed by atoms with van der Waals surface area (Å²) in [4.78, 5) is 92.5. The molecule has 0 fully saturated rings. The van der Waals surface area contributed by atoms with E-state index in [2.05, 4.69) is 20.8 Å².